The van der Waals surface area contributed by atoms with Crippen LogP contribution >= 0.6 is 68.0 Å². The van der Waals surface area contributed by atoms with Gasteiger partial charge in [-0.15, -0.1) is 68.0 Å². The quantitative estimate of drug-likeness (QED) is 0.0358. The molecule has 2 unspecified atom stereocenters. The third kappa shape index (κ3) is 20.4. The molecule has 2 amide bonds. The molecular formula is C82H120N2O2S6. The van der Waals surface area contributed by atoms with Crippen molar-refractivity contribution in [2.75, 3.05) is 13.1 Å². The SMILES string of the molecule is CCCCCCCCC(CCCCCC)CN1C(=O)C2=C(c3ccc(C(C)(C)C)s3)N(CC(CCCCCC)CCCCCCCC)C(=O)C2=C1c1ccc(-c2ccc(-c3cc(CCCCCC)c(-c4sc(-c5ccc(C(C)(C)C)s5)cc4CCCCCC)s3)s2)s1. The van der Waals surface area contributed by atoms with Gasteiger partial charge in [0, 0.05) is 61.9 Å². The lowest BCUT2D eigenvalue weighted by molar-refractivity contribution is -0.124. The molecule has 506 valence electrons. The van der Waals surface area contributed by atoms with Crippen LogP contribution in [-0.2, 0) is 33.3 Å². The number of aryl methyl sites for hydroxylation is 2. The number of amides is 2. The maximum absolute atomic E-state index is 16.2. The van der Waals surface area contributed by atoms with Crippen molar-refractivity contribution >= 4 is 91.2 Å². The summed E-state index contributed by atoms with van der Waals surface area (Å²) in [4.78, 5) is 52.4. The molecule has 10 heteroatoms. The fourth-order valence-electron chi connectivity index (χ4n) is 13.9. The third-order valence-corrected chi connectivity index (χ3v) is 27.8. The van der Waals surface area contributed by atoms with E-state index in [-0.39, 0.29) is 22.6 Å². The molecule has 0 N–H and O–H groups in total. The Morgan fingerprint density at radius 2 is 0.609 bits per heavy atom. The van der Waals surface area contributed by atoms with Gasteiger partial charge < -0.3 is 9.80 Å². The largest absolute Gasteiger partial charge is 0.306 e. The van der Waals surface area contributed by atoms with Crippen molar-refractivity contribution in [3.8, 4) is 39.0 Å². The predicted molar refractivity (Wildman–Crippen MR) is 413 cm³/mol. The molecule has 4 nitrogen and oxygen atoms in total. The minimum absolute atomic E-state index is 0.0443. The van der Waals surface area contributed by atoms with Crippen LogP contribution in [0.3, 0.4) is 0 Å². The van der Waals surface area contributed by atoms with E-state index in [1.54, 1.807) is 22.7 Å². The summed E-state index contributed by atoms with van der Waals surface area (Å²) >= 11 is 11.5. The molecular weight excluding hydrogens is 1240 g/mol. The summed E-state index contributed by atoms with van der Waals surface area (Å²) in [6.07, 6.45) is 41.7. The number of rotatable bonds is 44. The Morgan fingerprint density at radius 3 is 0.989 bits per heavy atom. The monoisotopic (exact) mass is 1360 g/mol. The van der Waals surface area contributed by atoms with Crippen LogP contribution in [-0.4, -0.2) is 34.7 Å². The molecule has 0 spiro atoms. The summed E-state index contributed by atoms with van der Waals surface area (Å²) in [5, 5.41) is 0. The van der Waals surface area contributed by atoms with E-state index < -0.39 is 0 Å². The van der Waals surface area contributed by atoms with E-state index in [0.717, 1.165) is 59.7 Å². The molecule has 0 saturated heterocycles. The van der Waals surface area contributed by atoms with Crippen molar-refractivity contribution < 1.29 is 9.59 Å². The number of thiophene rings is 6. The van der Waals surface area contributed by atoms with Gasteiger partial charge in [-0.25, -0.2) is 0 Å². The highest BCUT2D eigenvalue weighted by atomic mass is 32.1. The van der Waals surface area contributed by atoms with Gasteiger partial charge in [0.25, 0.3) is 11.8 Å². The Labute approximate surface area is 584 Å². The first-order valence-electron chi connectivity index (χ1n) is 37.3. The van der Waals surface area contributed by atoms with Gasteiger partial charge in [-0.2, -0.15) is 0 Å². The van der Waals surface area contributed by atoms with Crippen LogP contribution in [0.4, 0.5) is 0 Å². The van der Waals surface area contributed by atoms with E-state index in [1.165, 1.54) is 240 Å². The summed E-state index contributed by atoms with van der Waals surface area (Å²) in [5.41, 5.74) is 6.22. The van der Waals surface area contributed by atoms with E-state index in [0.29, 0.717) is 36.1 Å². The molecule has 8 rings (SSSR count). The van der Waals surface area contributed by atoms with Gasteiger partial charge in [0.2, 0.25) is 0 Å². The molecule has 8 heterocycles. The van der Waals surface area contributed by atoms with Crippen LogP contribution in [0.2, 0.25) is 0 Å². The number of carbonyl (C=O) groups excluding carboxylic acids is 2. The molecule has 0 aliphatic carbocycles. The van der Waals surface area contributed by atoms with E-state index in [9.17, 15) is 0 Å². The minimum atomic E-state index is -0.0535. The highest BCUT2D eigenvalue weighted by Gasteiger charge is 2.50. The van der Waals surface area contributed by atoms with Crippen LogP contribution in [0.1, 0.15) is 319 Å². The van der Waals surface area contributed by atoms with Crippen molar-refractivity contribution in [2.45, 2.75) is 312 Å². The van der Waals surface area contributed by atoms with E-state index >= 15 is 9.59 Å². The van der Waals surface area contributed by atoms with Gasteiger partial charge in [0.05, 0.1) is 32.3 Å². The van der Waals surface area contributed by atoms with Crippen LogP contribution in [0.25, 0.3) is 50.4 Å². The smallest absolute Gasteiger partial charge is 0.261 e. The standard InChI is InChI=1S/C82H120N2O2S6/c1-13-19-25-31-33-37-43-59(41-35-27-21-15-3)57-83-75(73-74(80(83)86)76(68-52-54-72(90-68)82(10,11)12)84(79(73)85)58-60(42-36-28-22-16-4)44-38-34-32-26-20-14-2)67-50-49-64(88-67)63-47-48-65(87-63)69-55-61(45-39-29-23-17-5)77(91-69)78-62(46-40-30-24-18-6)56-70(92-78)66-51-53-71(89-66)81(7,8)9/h47-56,59-60H,13-46,57-58H2,1-12H3. The summed E-state index contributed by atoms with van der Waals surface area (Å²) in [7, 11) is 0. The zero-order valence-corrected chi connectivity index (χ0v) is 64.4. The van der Waals surface area contributed by atoms with Gasteiger partial charge in [-0.05, 0) is 146 Å². The van der Waals surface area contributed by atoms with Gasteiger partial charge in [-0.3, -0.25) is 9.59 Å². The van der Waals surface area contributed by atoms with Gasteiger partial charge in [0.1, 0.15) is 0 Å². The van der Waals surface area contributed by atoms with Crippen molar-refractivity contribution in [2.24, 2.45) is 11.8 Å². The van der Waals surface area contributed by atoms with Crippen molar-refractivity contribution in [3.05, 3.63) is 102 Å². The molecule has 0 radical (unpaired) electrons. The maximum Gasteiger partial charge on any atom is 0.261 e. The number of fused-ring (bicyclic) bond motifs is 1. The Balaban J connectivity index is 1.20. The van der Waals surface area contributed by atoms with Crippen LogP contribution in [0.5, 0.6) is 0 Å². The zero-order chi connectivity index (χ0) is 65.6. The Kier molecular flexibility index (Phi) is 30.2. The van der Waals surface area contributed by atoms with Gasteiger partial charge in [-0.1, -0.05) is 250 Å². The average Bonchev–Trinajstić information content (AvgIpc) is 1.55. The molecule has 0 aromatic carbocycles. The average molecular weight is 1360 g/mol. The van der Waals surface area contributed by atoms with E-state index in [1.807, 2.05) is 45.3 Å². The highest BCUT2D eigenvalue weighted by molar-refractivity contribution is 7.30. The van der Waals surface area contributed by atoms with Gasteiger partial charge in [0.15, 0.2) is 0 Å². The van der Waals surface area contributed by atoms with Crippen molar-refractivity contribution in [3.63, 3.8) is 0 Å². The lowest BCUT2D eigenvalue weighted by atomic mass is 9.93. The van der Waals surface area contributed by atoms with Crippen molar-refractivity contribution in [1.82, 2.24) is 9.80 Å². The second kappa shape index (κ2) is 37.4. The van der Waals surface area contributed by atoms with Crippen molar-refractivity contribution in [1.29, 1.82) is 0 Å². The first kappa shape index (κ1) is 74.4. The fourth-order valence-corrected chi connectivity index (χ4v) is 21.0. The predicted octanol–water partition coefficient (Wildman–Crippen LogP) is 28.0. The summed E-state index contributed by atoms with van der Waals surface area (Å²) in [5.74, 6) is 0.836. The normalized spacial score (nSPS) is 14.6. The molecule has 2 atom stereocenters. The summed E-state index contributed by atoms with van der Waals surface area (Å²) in [6, 6.07) is 23.7. The molecule has 6 aromatic heterocycles. The molecule has 2 aliphatic rings. The van der Waals surface area contributed by atoms with Gasteiger partial charge >= 0.3 is 0 Å². The molecule has 0 saturated carbocycles. The third-order valence-electron chi connectivity index (χ3n) is 19.4. The lowest BCUT2D eigenvalue weighted by Crippen LogP contribution is -2.34. The van der Waals surface area contributed by atoms with Crippen LogP contribution in [0.15, 0.2) is 71.8 Å². The molecule has 0 fully saturated rings. The number of nitrogens with zero attached hydrogens (tertiary/aromatic N) is 2. The first-order chi connectivity index (χ1) is 44.5. The van der Waals surface area contributed by atoms with Crippen LogP contribution < -0.4 is 0 Å². The number of unbranched alkanes of at least 4 members (excludes halogenated alkanes) is 22. The number of hydrogen-bond acceptors (Lipinski definition) is 8. The summed E-state index contributed by atoms with van der Waals surface area (Å²) < 4.78 is 0. The minimum Gasteiger partial charge on any atom is -0.306 e. The maximum atomic E-state index is 16.2. The molecule has 6 aromatic rings. The number of hydrogen-bond donors (Lipinski definition) is 0. The number of carbonyl (C=O) groups is 2. The topological polar surface area (TPSA) is 40.6 Å². The van der Waals surface area contributed by atoms with E-state index in [4.69, 9.17) is 0 Å². The highest BCUT2D eigenvalue weighted by Crippen LogP contribution is 2.53. The zero-order valence-electron chi connectivity index (χ0n) is 59.5. The van der Waals surface area contributed by atoms with Crippen LogP contribution in [0, 0.1) is 11.8 Å². The Hall–Kier alpha value is -3.38. The lowest BCUT2D eigenvalue weighted by Gasteiger charge is -2.29. The molecule has 0 bridgehead atoms. The Morgan fingerprint density at radius 1 is 0.326 bits per heavy atom. The first-order valence-corrected chi connectivity index (χ1v) is 42.2. The molecule has 2 aliphatic heterocycles. The Bertz CT molecular complexity index is 3260. The molecule has 92 heavy (non-hydrogen) atoms. The summed E-state index contributed by atoms with van der Waals surface area (Å²) in [6.45, 7) is 29.1. The second-order valence-corrected chi connectivity index (χ2v) is 36.0. The fraction of sp³-hybridized carbons (Fsp3) is 0.634. The second-order valence-electron chi connectivity index (χ2n) is 29.5. The van der Waals surface area contributed by atoms with E-state index in [2.05, 4.69) is 154 Å².